The van der Waals surface area contributed by atoms with E-state index in [9.17, 15) is 5.11 Å². The van der Waals surface area contributed by atoms with Gasteiger partial charge in [0.25, 0.3) is 0 Å². The van der Waals surface area contributed by atoms with Gasteiger partial charge in [0.2, 0.25) is 0 Å². The Labute approximate surface area is 196 Å². The van der Waals surface area contributed by atoms with Crippen LogP contribution in [0, 0.1) is 0 Å². The molecule has 160 valence electrons. The summed E-state index contributed by atoms with van der Waals surface area (Å²) < 4.78 is 0.983. The zero-order valence-corrected chi connectivity index (χ0v) is 18.7. The number of aromatic nitrogens is 4. The predicted octanol–water partition coefficient (Wildman–Crippen LogP) is 5.38. The smallest absolute Gasteiger partial charge is 0.189 e. The first-order chi connectivity index (χ1) is 15.5. The van der Waals surface area contributed by atoms with Crippen molar-refractivity contribution in [2.75, 3.05) is 11.9 Å². The van der Waals surface area contributed by atoms with Crippen LogP contribution in [0.3, 0.4) is 0 Å². The molecule has 0 spiro atoms. The summed E-state index contributed by atoms with van der Waals surface area (Å²) in [7, 11) is 0. The van der Waals surface area contributed by atoms with E-state index in [-0.39, 0.29) is 0 Å². The van der Waals surface area contributed by atoms with Crippen molar-refractivity contribution < 1.29 is 10.2 Å². The van der Waals surface area contributed by atoms with E-state index in [1.54, 1.807) is 6.07 Å². The van der Waals surface area contributed by atoms with Gasteiger partial charge in [-0.3, -0.25) is 4.98 Å². The number of rotatable bonds is 5. The number of aliphatic hydroxyl groups excluding tert-OH is 2. The second-order valence-corrected chi connectivity index (χ2v) is 8.88. The number of nitrogens with one attached hydrogen (secondary N) is 1. The van der Waals surface area contributed by atoms with Crippen LogP contribution in [0.4, 0.5) is 10.9 Å². The molecule has 0 radical (unpaired) electrons. The fraction of sp³-hybridized carbons (Fsp3) is 0.0909. The first-order valence-electron chi connectivity index (χ1n) is 9.54. The van der Waals surface area contributed by atoms with Crippen LogP contribution in [0.15, 0.2) is 55.0 Å². The fourth-order valence-corrected chi connectivity index (χ4v) is 4.73. The van der Waals surface area contributed by atoms with E-state index in [0.29, 0.717) is 37.8 Å². The van der Waals surface area contributed by atoms with Crippen LogP contribution in [0.1, 0.15) is 11.7 Å². The Kier molecular flexibility index (Phi) is 5.62. The fourth-order valence-electron chi connectivity index (χ4n) is 3.31. The standard InChI is InChI=1S/C22H15Cl2N5O2S/c23-13-2-4-16-19(7-13)32-22(28-16)29-21-14-3-1-11(6-17(14)26-10-27-21)20-15(24)5-12(8-25-20)18(31)9-30/h1-8,10,18,30-31H,9H2,(H,26,27,28,29)/t18-/m1/s1. The summed E-state index contributed by atoms with van der Waals surface area (Å²) in [4.78, 5) is 17.7. The van der Waals surface area contributed by atoms with Gasteiger partial charge in [-0.1, -0.05) is 40.6 Å². The summed E-state index contributed by atoms with van der Waals surface area (Å²) in [5.74, 6) is 0.632. The largest absolute Gasteiger partial charge is 0.393 e. The molecule has 3 N–H and O–H groups in total. The summed E-state index contributed by atoms with van der Waals surface area (Å²) in [5.41, 5.74) is 3.35. The maximum Gasteiger partial charge on any atom is 0.189 e. The summed E-state index contributed by atoms with van der Waals surface area (Å²) in [5, 5.41) is 24.7. The van der Waals surface area contributed by atoms with Crippen molar-refractivity contribution in [2.45, 2.75) is 6.10 Å². The third-order valence-electron chi connectivity index (χ3n) is 4.91. The van der Waals surface area contributed by atoms with E-state index in [1.165, 1.54) is 23.9 Å². The highest BCUT2D eigenvalue weighted by atomic mass is 35.5. The van der Waals surface area contributed by atoms with Crippen molar-refractivity contribution in [1.29, 1.82) is 0 Å². The van der Waals surface area contributed by atoms with Crippen molar-refractivity contribution in [3.05, 3.63) is 70.6 Å². The molecule has 1 atom stereocenters. The van der Waals surface area contributed by atoms with Crippen molar-refractivity contribution in [2.24, 2.45) is 0 Å². The molecule has 32 heavy (non-hydrogen) atoms. The molecule has 0 amide bonds. The molecule has 0 bridgehead atoms. The molecule has 0 unspecified atom stereocenters. The number of benzene rings is 2. The Morgan fingerprint density at radius 2 is 1.88 bits per heavy atom. The van der Waals surface area contributed by atoms with Gasteiger partial charge in [-0.05, 0) is 36.4 Å². The molecule has 5 rings (SSSR count). The highest BCUT2D eigenvalue weighted by Gasteiger charge is 2.14. The number of hydrogen-bond acceptors (Lipinski definition) is 8. The van der Waals surface area contributed by atoms with Gasteiger partial charge >= 0.3 is 0 Å². The molecule has 5 aromatic rings. The lowest BCUT2D eigenvalue weighted by molar-refractivity contribution is 0.0954. The number of fused-ring (bicyclic) bond motifs is 2. The number of pyridine rings is 1. The molecule has 0 aliphatic heterocycles. The Balaban J connectivity index is 1.49. The van der Waals surface area contributed by atoms with Crippen LogP contribution in [0.5, 0.6) is 0 Å². The van der Waals surface area contributed by atoms with Gasteiger partial charge in [0, 0.05) is 27.7 Å². The van der Waals surface area contributed by atoms with E-state index in [2.05, 4.69) is 25.3 Å². The number of nitrogens with zero attached hydrogens (tertiary/aromatic N) is 4. The second-order valence-electron chi connectivity index (χ2n) is 7.01. The van der Waals surface area contributed by atoms with Crippen molar-refractivity contribution in [1.82, 2.24) is 19.9 Å². The number of anilines is 2. The molecule has 10 heteroatoms. The maximum atomic E-state index is 9.78. The SMILES string of the molecule is OC[C@@H](O)c1cnc(-c2ccc3c(Nc4nc5ccc(Cl)cc5s4)ncnc3c2)c(Cl)c1. The molecule has 0 aliphatic rings. The van der Waals surface area contributed by atoms with Gasteiger partial charge in [0.15, 0.2) is 5.13 Å². The number of hydrogen-bond donors (Lipinski definition) is 3. The average molecular weight is 484 g/mol. The average Bonchev–Trinajstić information content (AvgIpc) is 3.19. The first-order valence-corrected chi connectivity index (χ1v) is 11.1. The zero-order valence-electron chi connectivity index (χ0n) is 16.3. The van der Waals surface area contributed by atoms with Crippen LogP contribution in [0.2, 0.25) is 10.0 Å². The zero-order chi connectivity index (χ0) is 22.2. The lowest BCUT2D eigenvalue weighted by atomic mass is 10.1. The Morgan fingerprint density at radius 1 is 1.00 bits per heavy atom. The van der Waals surface area contributed by atoms with E-state index >= 15 is 0 Å². The molecule has 3 heterocycles. The van der Waals surface area contributed by atoms with E-state index < -0.39 is 12.7 Å². The normalized spacial score (nSPS) is 12.4. The minimum absolute atomic E-state index is 0.370. The molecule has 0 saturated heterocycles. The number of thiazole rings is 1. The van der Waals surface area contributed by atoms with Gasteiger partial charge in [-0.15, -0.1) is 0 Å². The van der Waals surface area contributed by atoms with Crippen molar-refractivity contribution in [3.8, 4) is 11.3 Å². The van der Waals surface area contributed by atoms with Crippen molar-refractivity contribution in [3.63, 3.8) is 0 Å². The monoisotopic (exact) mass is 483 g/mol. The Hall–Kier alpha value is -2.88. The Bertz CT molecular complexity index is 1460. The summed E-state index contributed by atoms with van der Waals surface area (Å²) >= 11 is 14.0. The molecular formula is C22H15Cl2N5O2S. The number of halogens is 2. The lowest BCUT2D eigenvalue weighted by Crippen LogP contribution is -2.03. The molecule has 7 nitrogen and oxygen atoms in total. The van der Waals surface area contributed by atoms with Gasteiger partial charge < -0.3 is 15.5 Å². The third-order valence-corrected chi connectivity index (χ3v) is 6.36. The minimum atomic E-state index is -1.02. The highest BCUT2D eigenvalue weighted by Crippen LogP contribution is 2.34. The third kappa shape index (κ3) is 3.99. The molecule has 0 aliphatic carbocycles. The lowest BCUT2D eigenvalue weighted by Gasteiger charge is -2.11. The second kappa shape index (κ2) is 8.57. The van der Waals surface area contributed by atoms with E-state index in [4.69, 9.17) is 28.3 Å². The molecule has 0 saturated carbocycles. The Morgan fingerprint density at radius 3 is 2.69 bits per heavy atom. The van der Waals surface area contributed by atoms with Gasteiger partial charge in [-0.25, -0.2) is 15.0 Å². The van der Waals surface area contributed by atoms with Gasteiger partial charge in [0.05, 0.1) is 33.1 Å². The van der Waals surface area contributed by atoms with Crippen LogP contribution < -0.4 is 5.32 Å². The summed E-state index contributed by atoms with van der Waals surface area (Å²) in [6, 6.07) is 12.8. The van der Waals surface area contributed by atoms with Gasteiger partial charge in [-0.2, -0.15) is 0 Å². The highest BCUT2D eigenvalue weighted by molar-refractivity contribution is 7.22. The van der Waals surface area contributed by atoms with Crippen LogP contribution >= 0.6 is 34.5 Å². The minimum Gasteiger partial charge on any atom is -0.393 e. The molecule has 2 aromatic carbocycles. The molecular weight excluding hydrogens is 469 g/mol. The van der Waals surface area contributed by atoms with Gasteiger partial charge in [0.1, 0.15) is 18.2 Å². The molecule has 0 fully saturated rings. The summed E-state index contributed by atoms with van der Waals surface area (Å²) in [6.07, 6.45) is 1.96. The van der Waals surface area contributed by atoms with E-state index in [1.807, 2.05) is 36.4 Å². The van der Waals surface area contributed by atoms with Crippen LogP contribution in [-0.2, 0) is 0 Å². The van der Waals surface area contributed by atoms with Crippen LogP contribution in [0.25, 0.3) is 32.4 Å². The topological polar surface area (TPSA) is 104 Å². The van der Waals surface area contributed by atoms with Crippen molar-refractivity contribution >= 4 is 66.6 Å². The first kappa shape index (κ1) is 21.0. The van der Waals surface area contributed by atoms with Crippen LogP contribution in [-0.4, -0.2) is 36.8 Å². The summed E-state index contributed by atoms with van der Waals surface area (Å²) in [6.45, 7) is -0.401. The number of aliphatic hydroxyl groups is 2. The van der Waals surface area contributed by atoms with E-state index in [0.717, 1.165) is 21.2 Å². The molecule has 3 aromatic heterocycles. The quantitative estimate of drug-likeness (QED) is 0.308. The maximum absolute atomic E-state index is 9.78. The predicted molar refractivity (Wildman–Crippen MR) is 128 cm³/mol.